The molecule has 5 rings (SSSR count). The fourth-order valence-corrected chi connectivity index (χ4v) is 3.83. The second-order valence-electron chi connectivity index (χ2n) is 7.36. The van der Waals surface area contributed by atoms with E-state index in [-0.39, 0.29) is 19.0 Å². The maximum Gasteiger partial charge on any atom is 0.180 e. The highest BCUT2D eigenvalue weighted by Crippen LogP contribution is 2.33. The van der Waals surface area contributed by atoms with Crippen molar-refractivity contribution in [1.82, 2.24) is 19.7 Å². The van der Waals surface area contributed by atoms with Crippen molar-refractivity contribution in [3.05, 3.63) is 83.4 Å². The third-order valence-electron chi connectivity index (χ3n) is 5.40. The Morgan fingerprint density at radius 3 is 2.48 bits per heavy atom. The van der Waals surface area contributed by atoms with E-state index >= 15 is 0 Å². The maximum absolute atomic E-state index is 14.2. The minimum absolute atomic E-state index is 0.0517. The molecule has 2 aromatic heterocycles. The number of aliphatic hydroxyl groups excluding tert-OH is 1. The molecule has 0 saturated carbocycles. The zero-order valence-electron chi connectivity index (χ0n) is 16.7. The first-order valence-corrected chi connectivity index (χ1v) is 10.1. The number of aliphatic hydroxyl groups is 1. The van der Waals surface area contributed by atoms with Gasteiger partial charge in [-0.3, -0.25) is 0 Å². The molecule has 2 aromatic carbocycles. The molecular weight excluding hydrogens is 393 g/mol. The van der Waals surface area contributed by atoms with Gasteiger partial charge in [0.15, 0.2) is 11.6 Å². The molecule has 0 radical (unpaired) electrons. The molecule has 0 atom stereocenters. The number of rotatable bonds is 5. The Labute approximate surface area is 178 Å². The number of halogens is 1. The van der Waals surface area contributed by atoms with Crippen LogP contribution in [-0.4, -0.2) is 31.1 Å². The quantitative estimate of drug-likeness (QED) is 0.528. The zero-order valence-corrected chi connectivity index (χ0v) is 16.7. The lowest BCUT2D eigenvalue weighted by Gasteiger charge is -2.09. The van der Waals surface area contributed by atoms with Gasteiger partial charge in [-0.1, -0.05) is 42.5 Å². The summed E-state index contributed by atoms with van der Waals surface area (Å²) in [5, 5.41) is 14.3. The van der Waals surface area contributed by atoms with Crippen LogP contribution in [0.25, 0.3) is 22.6 Å². The minimum Gasteiger partial charge on any atom is -0.392 e. The van der Waals surface area contributed by atoms with Gasteiger partial charge in [0.2, 0.25) is 0 Å². The predicted molar refractivity (Wildman–Crippen MR) is 117 cm³/mol. The molecular formula is C24H20FN5O. The van der Waals surface area contributed by atoms with Crippen LogP contribution >= 0.6 is 0 Å². The normalized spacial score (nSPS) is 12.7. The minimum atomic E-state index is -0.267. The van der Waals surface area contributed by atoms with Crippen LogP contribution in [0.4, 0.5) is 10.2 Å². The van der Waals surface area contributed by atoms with Gasteiger partial charge in [-0.05, 0) is 30.0 Å². The molecule has 1 aliphatic heterocycles. The summed E-state index contributed by atoms with van der Waals surface area (Å²) >= 11 is 0. The van der Waals surface area contributed by atoms with E-state index in [2.05, 4.69) is 15.0 Å². The second kappa shape index (κ2) is 8.20. The second-order valence-corrected chi connectivity index (χ2v) is 7.36. The number of aliphatic imine (C=N–C) groups is 1. The van der Waals surface area contributed by atoms with Gasteiger partial charge >= 0.3 is 0 Å². The van der Waals surface area contributed by atoms with Gasteiger partial charge in [0.05, 0.1) is 13.2 Å². The molecule has 0 bridgehead atoms. The van der Waals surface area contributed by atoms with E-state index in [0.29, 0.717) is 17.1 Å². The highest BCUT2D eigenvalue weighted by Gasteiger charge is 2.23. The molecule has 0 fully saturated rings. The van der Waals surface area contributed by atoms with Crippen LogP contribution < -0.4 is 0 Å². The Morgan fingerprint density at radius 1 is 0.968 bits per heavy atom. The molecule has 0 spiro atoms. The lowest BCUT2D eigenvalue weighted by molar-refractivity contribution is 0.282. The number of nitrogens with zero attached hydrogens (tertiary/aromatic N) is 5. The summed E-state index contributed by atoms with van der Waals surface area (Å²) in [6.45, 7) is 0.234. The highest BCUT2D eigenvalue weighted by atomic mass is 19.1. The summed E-state index contributed by atoms with van der Waals surface area (Å²) in [5.74, 6) is 0.963. The van der Waals surface area contributed by atoms with E-state index in [1.807, 2.05) is 36.5 Å². The van der Waals surface area contributed by atoms with Crippen LogP contribution in [0, 0.1) is 5.82 Å². The fourth-order valence-electron chi connectivity index (χ4n) is 3.83. The predicted octanol–water partition coefficient (Wildman–Crippen LogP) is 4.34. The summed E-state index contributed by atoms with van der Waals surface area (Å²) in [4.78, 5) is 13.6. The Balaban J connectivity index is 1.53. The summed E-state index contributed by atoms with van der Waals surface area (Å²) in [7, 11) is 0. The van der Waals surface area contributed by atoms with Gasteiger partial charge in [-0.2, -0.15) is 5.10 Å². The van der Waals surface area contributed by atoms with Gasteiger partial charge in [0.1, 0.15) is 11.5 Å². The zero-order chi connectivity index (χ0) is 21.2. The van der Waals surface area contributed by atoms with Crippen molar-refractivity contribution in [2.24, 2.45) is 4.99 Å². The maximum atomic E-state index is 14.2. The molecule has 7 heteroatoms. The van der Waals surface area contributed by atoms with Crippen molar-refractivity contribution in [2.45, 2.75) is 26.0 Å². The Kier molecular flexibility index (Phi) is 5.09. The van der Waals surface area contributed by atoms with E-state index in [1.54, 1.807) is 29.2 Å². The topological polar surface area (TPSA) is 76.2 Å². The van der Waals surface area contributed by atoms with Crippen LogP contribution in [0.3, 0.4) is 0 Å². The van der Waals surface area contributed by atoms with Gasteiger partial charge in [-0.25, -0.2) is 24.0 Å². The van der Waals surface area contributed by atoms with Crippen molar-refractivity contribution in [3.63, 3.8) is 0 Å². The van der Waals surface area contributed by atoms with E-state index in [0.717, 1.165) is 40.9 Å². The van der Waals surface area contributed by atoms with E-state index in [1.165, 1.54) is 6.07 Å². The molecule has 0 amide bonds. The Hall–Kier alpha value is -3.71. The number of hydrogen-bond acceptors (Lipinski definition) is 5. The van der Waals surface area contributed by atoms with Crippen LogP contribution in [0.15, 0.2) is 65.9 Å². The average Bonchev–Trinajstić information content (AvgIpc) is 3.19. The van der Waals surface area contributed by atoms with Crippen molar-refractivity contribution >= 4 is 12.0 Å². The Morgan fingerprint density at radius 2 is 1.71 bits per heavy atom. The molecule has 1 N–H and O–H groups in total. The van der Waals surface area contributed by atoms with E-state index in [4.69, 9.17) is 5.10 Å². The largest absolute Gasteiger partial charge is 0.392 e. The van der Waals surface area contributed by atoms with E-state index in [9.17, 15) is 9.50 Å². The first kappa shape index (κ1) is 19.3. The van der Waals surface area contributed by atoms with Gasteiger partial charge in [-0.15, -0.1) is 0 Å². The molecule has 0 aliphatic carbocycles. The number of aromatic nitrogens is 4. The third-order valence-corrected chi connectivity index (χ3v) is 5.40. The highest BCUT2D eigenvalue weighted by molar-refractivity contribution is 5.73. The molecule has 154 valence electrons. The van der Waals surface area contributed by atoms with Gasteiger partial charge in [0.25, 0.3) is 0 Å². The molecule has 0 saturated heterocycles. The van der Waals surface area contributed by atoms with Crippen LogP contribution in [0.2, 0.25) is 0 Å². The Bertz CT molecular complexity index is 1260. The van der Waals surface area contributed by atoms with Gasteiger partial charge in [0, 0.05) is 35.3 Å². The van der Waals surface area contributed by atoms with Crippen LogP contribution in [0.1, 0.15) is 23.1 Å². The molecule has 4 aromatic rings. The SMILES string of the molecule is OCc1ccccc1-c1cnc(-c2nn(Cc3ccccc3F)c3c2CCC=N3)nc1. The first-order valence-electron chi connectivity index (χ1n) is 10.1. The van der Waals surface area contributed by atoms with Crippen LogP contribution in [0.5, 0.6) is 0 Å². The summed E-state index contributed by atoms with van der Waals surface area (Å²) < 4.78 is 15.9. The lowest BCUT2D eigenvalue weighted by Crippen LogP contribution is -2.04. The molecule has 0 unspecified atom stereocenters. The monoisotopic (exact) mass is 413 g/mol. The van der Waals surface area contributed by atoms with E-state index < -0.39 is 0 Å². The standard InChI is InChI=1S/C24H20FN5O/c25-21-10-4-2-6-16(21)14-30-24-20(9-5-11-26-24)22(29-30)23-27-12-18(13-28-23)19-8-3-1-7-17(19)15-31/h1-4,6-8,10-13,31H,5,9,14-15H2. The van der Waals surface area contributed by atoms with Gasteiger partial charge < -0.3 is 5.11 Å². The number of fused-ring (bicyclic) bond motifs is 1. The summed E-state index contributed by atoms with van der Waals surface area (Å²) in [6, 6.07) is 14.3. The molecule has 1 aliphatic rings. The average molecular weight is 413 g/mol. The summed E-state index contributed by atoms with van der Waals surface area (Å²) in [5.41, 5.74) is 4.74. The van der Waals surface area contributed by atoms with Crippen molar-refractivity contribution in [1.29, 1.82) is 0 Å². The van der Waals surface area contributed by atoms with Crippen LogP contribution in [-0.2, 0) is 19.6 Å². The molecule has 31 heavy (non-hydrogen) atoms. The van der Waals surface area contributed by atoms with Crippen molar-refractivity contribution in [3.8, 4) is 22.6 Å². The number of hydrogen-bond donors (Lipinski definition) is 1. The van der Waals surface area contributed by atoms with Crippen molar-refractivity contribution in [2.75, 3.05) is 0 Å². The first-order chi connectivity index (χ1) is 15.2. The molecule has 6 nitrogen and oxygen atoms in total. The lowest BCUT2D eigenvalue weighted by atomic mass is 10.0. The summed E-state index contributed by atoms with van der Waals surface area (Å²) in [6.07, 6.45) is 6.94. The third kappa shape index (κ3) is 3.64. The molecule has 3 heterocycles. The van der Waals surface area contributed by atoms with Crippen molar-refractivity contribution < 1.29 is 9.50 Å². The smallest absolute Gasteiger partial charge is 0.180 e. The number of benzene rings is 2. The fraction of sp³-hybridized carbons (Fsp3) is 0.167.